The Balaban J connectivity index is 1.33. The van der Waals surface area contributed by atoms with Crippen LogP contribution in [-0.2, 0) is 13.1 Å². The second-order valence-corrected chi connectivity index (χ2v) is 11.1. The highest BCUT2D eigenvalue weighted by Gasteiger charge is 2.22. The molecular formula is C34H38N4O5. The number of nitrogens with zero attached hydrogens (tertiary/aromatic N) is 4. The summed E-state index contributed by atoms with van der Waals surface area (Å²) in [5.41, 5.74) is 0.755. The van der Waals surface area contributed by atoms with Crippen molar-refractivity contribution in [2.75, 3.05) is 19.8 Å². The van der Waals surface area contributed by atoms with Gasteiger partial charge in [0.1, 0.15) is 17.2 Å². The first-order valence-electron chi connectivity index (χ1n) is 15.5. The van der Waals surface area contributed by atoms with E-state index in [9.17, 15) is 9.59 Å². The van der Waals surface area contributed by atoms with Crippen molar-refractivity contribution in [1.29, 1.82) is 0 Å². The highest BCUT2D eigenvalue weighted by molar-refractivity contribution is 5.85. The van der Waals surface area contributed by atoms with Crippen molar-refractivity contribution in [3.8, 4) is 28.8 Å². The number of fused-ring (bicyclic) bond motifs is 11. The minimum atomic E-state index is -0.545. The van der Waals surface area contributed by atoms with Gasteiger partial charge in [0.25, 0.3) is 5.56 Å². The van der Waals surface area contributed by atoms with Crippen LogP contribution in [0.15, 0.2) is 64.2 Å². The van der Waals surface area contributed by atoms with E-state index in [0.717, 1.165) is 72.1 Å². The number of aromatic nitrogens is 4. The smallest absolute Gasteiger partial charge is 0.352 e. The summed E-state index contributed by atoms with van der Waals surface area (Å²) in [7, 11) is 0. The van der Waals surface area contributed by atoms with Crippen molar-refractivity contribution < 1.29 is 14.2 Å². The first kappa shape index (κ1) is 28.7. The second-order valence-electron chi connectivity index (χ2n) is 11.1. The van der Waals surface area contributed by atoms with E-state index in [0.29, 0.717) is 50.5 Å². The Labute approximate surface area is 250 Å². The van der Waals surface area contributed by atoms with Gasteiger partial charge in [0.15, 0.2) is 11.5 Å². The summed E-state index contributed by atoms with van der Waals surface area (Å²) >= 11 is 0. The van der Waals surface area contributed by atoms with Gasteiger partial charge in [-0.2, -0.15) is 4.98 Å². The molecule has 0 saturated heterocycles. The zero-order valence-corrected chi connectivity index (χ0v) is 24.7. The van der Waals surface area contributed by atoms with Crippen molar-refractivity contribution in [2.24, 2.45) is 0 Å². The SMILES string of the molecule is CCCCCCn1c2nc(=O)n3c(=O)c-2nc2ccc(cc21)OCCCCOc1ccc2ccc(cc2c1)OCCCC3. The maximum Gasteiger partial charge on any atom is 0.352 e. The van der Waals surface area contributed by atoms with Gasteiger partial charge in [-0.05, 0) is 79.3 Å². The van der Waals surface area contributed by atoms with Crippen LogP contribution in [-0.4, -0.2) is 38.9 Å². The molecule has 4 aliphatic heterocycles. The maximum absolute atomic E-state index is 13.6. The molecule has 3 aromatic carbocycles. The molecule has 43 heavy (non-hydrogen) atoms. The molecule has 4 heterocycles. The van der Waals surface area contributed by atoms with Crippen molar-refractivity contribution in [2.45, 2.75) is 71.4 Å². The van der Waals surface area contributed by atoms with E-state index in [4.69, 9.17) is 19.2 Å². The molecule has 4 aliphatic rings. The third-order valence-electron chi connectivity index (χ3n) is 7.96. The van der Waals surface area contributed by atoms with Crippen LogP contribution in [0.2, 0.25) is 0 Å². The van der Waals surface area contributed by atoms with Crippen LogP contribution in [0.1, 0.15) is 58.3 Å². The molecule has 0 saturated carbocycles. The highest BCUT2D eigenvalue weighted by Crippen LogP contribution is 2.27. The average molecular weight is 583 g/mol. The quantitative estimate of drug-likeness (QED) is 0.180. The van der Waals surface area contributed by atoms with Gasteiger partial charge in [-0.25, -0.2) is 9.78 Å². The Kier molecular flexibility index (Phi) is 8.86. The summed E-state index contributed by atoms with van der Waals surface area (Å²) in [5, 5.41) is 2.16. The number of unbranched alkanes of at least 4 members (excludes halogenated alkanes) is 3. The van der Waals surface area contributed by atoms with Gasteiger partial charge >= 0.3 is 5.69 Å². The fourth-order valence-corrected chi connectivity index (χ4v) is 5.59. The summed E-state index contributed by atoms with van der Waals surface area (Å²) in [5.74, 6) is 2.65. The molecule has 7 rings (SSSR count). The Bertz CT molecular complexity index is 1810. The Morgan fingerprint density at radius 1 is 0.721 bits per heavy atom. The molecule has 0 amide bonds. The molecule has 9 bridgehead atoms. The lowest BCUT2D eigenvalue weighted by Gasteiger charge is -2.19. The van der Waals surface area contributed by atoms with Crippen molar-refractivity contribution in [1.82, 2.24) is 19.1 Å². The molecule has 0 aliphatic carbocycles. The fourth-order valence-electron chi connectivity index (χ4n) is 5.59. The zero-order valence-electron chi connectivity index (χ0n) is 24.7. The van der Waals surface area contributed by atoms with Crippen LogP contribution in [0.4, 0.5) is 0 Å². The van der Waals surface area contributed by atoms with E-state index in [1.807, 2.05) is 53.1 Å². The van der Waals surface area contributed by atoms with Crippen molar-refractivity contribution in [3.63, 3.8) is 0 Å². The topological polar surface area (TPSA) is 97.5 Å². The lowest BCUT2D eigenvalue weighted by molar-refractivity contribution is 0.267. The van der Waals surface area contributed by atoms with Crippen LogP contribution in [0.3, 0.4) is 0 Å². The molecule has 0 fully saturated rings. The van der Waals surface area contributed by atoms with Crippen molar-refractivity contribution in [3.05, 3.63) is 75.4 Å². The molecule has 0 radical (unpaired) electrons. The van der Waals surface area contributed by atoms with E-state index < -0.39 is 11.2 Å². The van der Waals surface area contributed by atoms with Crippen LogP contribution < -0.4 is 25.5 Å². The predicted molar refractivity (Wildman–Crippen MR) is 168 cm³/mol. The maximum atomic E-state index is 13.6. The van der Waals surface area contributed by atoms with E-state index in [1.165, 1.54) is 4.57 Å². The monoisotopic (exact) mass is 582 g/mol. The normalized spacial score (nSPS) is 14.6. The van der Waals surface area contributed by atoms with Gasteiger partial charge < -0.3 is 18.8 Å². The molecule has 0 N–H and O–H groups in total. The molecular weight excluding hydrogens is 544 g/mol. The van der Waals surface area contributed by atoms with Gasteiger partial charge in [0, 0.05) is 19.2 Å². The summed E-state index contributed by atoms with van der Waals surface area (Å²) < 4.78 is 21.3. The molecule has 3 aromatic rings. The van der Waals surface area contributed by atoms with Gasteiger partial charge in [-0.1, -0.05) is 38.3 Å². The Morgan fingerprint density at radius 3 is 2.07 bits per heavy atom. The molecule has 224 valence electrons. The summed E-state index contributed by atoms with van der Waals surface area (Å²) in [6.07, 6.45) is 7.15. The molecule has 9 heteroatoms. The van der Waals surface area contributed by atoms with E-state index >= 15 is 0 Å². The summed E-state index contributed by atoms with van der Waals surface area (Å²) in [4.78, 5) is 35.8. The molecule has 9 nitrogen and oxygen atoms in total. The van der Waals surface area contributed by atoms with Crippen LogP contribution in [0, 0.1) is 0 Å². The molecule has 0 spiro atoms. The standard InChI is InChI=1S/C34H38N4O5/c1-2-3-4-5-16-37-30-23-28-14-15-29(30)35-31-32(37)36-34(40)38(33(31)39)17-6-7-18-41-26-12-10-24-11-13-27(22-25(24)21-26)42-19-8-9-20-43-28/h10-15,21-23H,2-9,16-20H2,1H3. The van der Waals surface area contributed by atoms with Crippen LogP contribution in [0.5, 0.6) is 17.2 Å². The van der Waals surface area contributed by atoms with E-state index in [1.54, 1.807) is 0 Å². The molecule has 0 atom stereocenters. The minimum Gasteiger partial charge on any atom is -0.494 e. The number of hydrogen-bond donors (Lipinski definition) is 0. The predicted octanol–water partition coefficient (Wildman–Crippen LogP) is 6.20. The number of ether oxygens (including phenoxy) is 3. The average Bonchev–Trinajstić information content (AvgIpc) is 3.01. The van der Waals surface area contributed by atoms with Gasteiger partial charge in [-0.3, -0.25) is 9.36 Å². The lowest BCUT2D eigenvalue weighted by atomic mass is 10.1. The Morgan fingerprint density at radius 2 is 1.37 bits per heavy atom. The first-order valence-corrected chi connectivity index (χ1v) is 15.5. The summed E-state index contributed by atoms with van der Waals surface area (Å²) in [6.45, 7) is 4.67. The van der Waals surface area contributed by atoms with Crippen LogP contribution in [0.25, 0.3) is 33.3 Å². The molecule has 0 aromatic heterocycles. The second kappa shape index (κ2) is 13.3. The van der Waals surface area contributed by atoms with E-state index in [2.05, 4.69) is 18.0 Å². The van der Waals surface area contributed by atoms with Gasteiger partial charge in [0.05, 0.1) is 30.9 Å². The molecule has 0 unspecified atom stereocenters. The third kappa shape index (κ3) is 6.50. The van der Waals surface area contributed by atoms with E-state index in [-0.39, 0.29) is 12.2 Å². The zero-order chi connectivity index (χ0) is 29.6. The number of hydrogen-bond acceptors (Lipinski definition) is 7. The number of benzene rings is 3. The third-order valence-corrected chi connectivity index (χ3v) is 7.96. The van der Waals surface area contributed by atoms with Gasteiger partial charge in [0.2, 0.25) is 0 Å². The van der Waals surface area contributed by atoms with Crippen LogP contribution >= 0.6 is 0 Å². The number of rotatable bonds is 5. The number of aryl methyl sites for hydroxylation is 1. The van der Waals surface area contributed by atoms with Crippen molar-refractivity contribution >= 4 is 21.8 Å². The summed E-state index contributed by atoms with van der Waals surface area (Å²) in [6, 6.07) is 17.8. The fraction of sp³-hybridized carbons (Fsp3) is 0.412. The largest absolute Gasteiger partial charge is 0.494 e. The first-order chi connectivity index (χ1) is 21.1. The van der Waals surface area contributed by atoms with Gasteiger partial charge in [-0.15, -0.1) is 0 Å². The minimum absolute atomic E-state index is 0.220. The highest BCUT2D eigenvalue weighted by atomic mass is 16.5. The lowest BCUT2D eigenvalue weighted by Crippen LogP contribution is -2.38. The Hall–Kier alpha value is -4.40.